The standard InChI is InChI=1S/C33H47N3O6S/c1-18-6-10-33-11-8-23(37)29(33)32(18,5)25(42-26(38)17-43-24-16-41-27-21(34)15-40-28(24)27)14-31(4,30(39)19(33)2)9-7-22-20(3)35-12-13-36-22/h7,9,12-13,18-19,21,24-25,27-30,39H,6,8,10-11,14-17,34H2,1-5H3/b9-7+/t18-,19+,21+,24+,25-,27?,28-,29+,30+,31+,32+,33+/m1/s1. The summed E-state index contributed by atoms with van der Waals surface area (Å²) in [7, 11) is 0. The van der Waals surface area contributed by atoms with Gasteiger partial charge < -0.3 is 25.1 Å². The Kier molecular flexibility index (Phi) is 8.33. The van der Waals surface area contributed by atoms with Gasteiger partial charge in [-0.05, 0) is 55.9 Å². The average Bonchev–Trinajstić information content (AvgIpc) is 3.67. The van der Waals surface area contributed by atoms with E-state index in [0.29, 0.717) is 26.1 Å². The lowest BCUT2D eigenvalue weighted by Crippen LogP contribution is -2.63. The number of nitrogens with two attached hydrogens (primary N) is 1. The highest BCUT2D eigenvalue weighted by atomic mass is 32.2. The van der Waals surface area contributed by atoms with Crippen molar-refractivity contribution >= 4 is 29.6 Å². The van der Waals surface area contributed by atoms with Crippen molar-refractivity contribution < 1.29 is 28.9 Å². The minimum atomic E-state index is -0.737. The number of aliphatic hydroxyl groups is 1. The third kappa shape index (κ3) is 5.09. The summed E-state index contributed by atoms with van der Waals surface area (Å²) in [5.41, 5.74) is 6.05. The smallest absolute Gasteiger partial charge is 0.316 e. The number of rotatable bonds is 6. The second-order valence-corrected chi connectivity index (χ2v) is 15.6. The maximum atomic E-state index is 13.8. The van der Waals surface area contributed by atoms with Gasteiger partial charge in [-0.25, -0.2) is 0 Å². The lowest BCUT2D eigenvalue weighted by molar-refractivity contribution is -0.205. The first-order valence-electron chi connectivity index (χ1n) is 15.9. The summed E-state index contributed by atoms with van der Waals surface area (Å²) in [6, 6.07) is -0.139. The number of fused-ring (bicyclic) bond motifs is 1. The molecule has 2 aliphatic heterocycles. The average molecular weight is 614 g/mol. The Bertz CT molecular complexity index is 1280. The van der Waals surface area contributed by atoms with Crippen molar-refractivity contribution in [3.8, 4) is 0 Å². The molecule has 1 aromatic heterocycles. The molecule has 0 amide bonds. The van der Waals surface area contributed by atoms with Gasteiger partial charge in [-0.2, -0.15) is 0 Å². The molecule has 12 atom stereocenters. The minimum Gasteiger partial charge on any atom is -0.461 e. The molecule has 236 valence electrons. The van der Waals surface area contributed by atoms with Gasteiger partial charge in [-0.1, -0.05) is 33.8 Å². The highest BCUT2D eigenvalue weighted by Gasteiger charge is 2.68. The number of aryl methyl sites for hydroxylation is 1. The molecule has 0 spiro atoms. The van der Waals surface area contributed by atoms with Gasteiger partial charge in [-0.15, -0.1) is 11.8 Å². The zero-order valence-corrected chi connectivity index (χ0v) is 26.8. The largest absolute Gasteiger partial charge is 0.461 e. The summed E-state index contributed by atoms with van der Waals surface area (Å²) in [5.74, 6) is -0.0870. The third-order valence-corrected chi connectivity index (χ3v) is 13.3. The number of thioether (sulfide) groups is 1. The number of esters is 1. The highest BCUT2D eigenvalue weighted by Crippen LogP contribution is 2.68. The lowest BCUT2D eigenvalue weighted by atomic mass is 9.44. The van der Waals surface area contributed by atoms with E-state index in [1.54, 1.807) is 12.4 Å². The van der Waals surface area contributed by atoms with Crippen molar-refractivity contribution in [2.45, 2.75) is 102 Å². The van der Waals surface area contributed by atoms with E-state index in [4.69, 9.17) is 19.9 Å². The molecule has 6 rings (SSSR count). The predicted octanol–water partition coefficient (Wildman–Crippen LogP) is 3.75. The van der Waals surface area contributed by atoms with Gasteiger partial charge in [-0.3, -0.25) is 19.6 Å². The van der Waals surface area contributed by atoms with Crippen LogP contribution < -0.4 is 5.73 Å². The number of aliphatic hydroxyl groups excluding tert-OH is 1. The molecule has 1 unspecified atom stereocenters. The van der Waals surface area contributed by atoms with E-state index in [-0.39, 0.29) is 64.2 Å². The van der Waals surface area contributed by atoms with E-state index < -0.39 is 23.0 Å². The van der Waals surface area contributed by atoms with Gasteiger partial charge in [0.1, 0.15) is 18.0 Å². The Balaban J connectivity index is 1.32. The van der Waals surface area contributed by atoms with Crippen LogP contribution in [0.25, 0.3) is 6.08 Å². The molecule has 2 saturated heterocycles. The van der Waals surface area contributed by atoms with Crippen LogP contribution in [-0.4, -0.2) is 81.5 Å². The quantitative estimate of drug-likeness (QED) is 0.457. The van der Waals surface area contributed by atoms with Crippen molar-refractivity contribution in [1.82, 2.24) is 9.97 Å². The summed E-state index contributed by atoms with van der Waals surface area (Å²) < 4.78 is 18.2. The fourth-order valence-electron chi connectivity index (χ4n) is 9.32. The molecule has 0 aromatic carbocycles. The molecule has 1 aromatic rings. The van der Waals surface area contributed by atoms with E-state index >= 15 is 0 Å². The van der Waals surface area contributed by atoms with Crippen LogP contribution in [0.1, 0.15) is 71.2 Å². The molecule has 3 heterocycles. The fourth-order valence-corrected chi connectivity index (χ4v) is 10.3. The Hall–Kier alpha value is -1.85. The van der Waals surface area contributed by atoms with Crippen LogP contribution in [0.5, 0.6) is 0 Å². The summed E-state index contributed by atoms with van der Waals surface area (Å²) in [5, 5.41) is 12.2. The molecule has 5 aliphatic rings. The molecule has 10 heteroatoms. The SMILES string of the molecule is Cc1nccnc1/C=C/[C@@]1(C)C[C@@H](OC(=O)CS[C@H]2COC3[C@@H](N)CO[C@@H]32)[C@]2(C)[C@H](C)CC[C@]3(CCC(=O)[C@H]32)[C@@H](C)[C@@H]1O. The van der Waals surface area contributed by atoms with Crippen LogP contribution >= 0.6 is 11.8 Å². The summed E-state index contributed by atoms with van der Waals surface area (Å²) >= 11 is 1.49. The van der Waals surface area contributed by atoms with Crippen molar-refractivity contribution in [3.05, 3.63) is 29.9 Å². The topological polar surface area (TPSA) is 134 Å². The Morgan fingerprint density at radius 3 is 2.70 bits per heavy atom. The molecule has 9 nitrogen and oxygen atoms in total. The predicted molar refractivity (Wildman–Crippen MR) is 164 cm³/mol. The Labute approximate surface area is 259 Å². The Morgan fingerprint density at radius 2 is 1.93 bits per heavy atom. The van der Waals surface area contributed by atoms with Gasteiger partial charge in [0.25, 0.3) is 0 Å². The van der Waals surface area contributed by atoms with Crippen molar-refractivity contribution in [2.24, 2.45) is 39.7 Å². The zero-order valence-electron chi connectivity index (χ0n) is 26.0. The summed E-state index contributed by atoms with van der Waals surface area (Å²) in [6.07, 6.45) is 9.29. The molecular weight excluding hydrogens is 566 g/mol. The summed E-state index contributed by atoms with van der Waals surface area (Å²) in [4.78, 5) is 36.3. The lowest BCUT2D eigenvalue weighted by Gasteiger charge is -2.61. The first-order chi connectivity index (χ1) is 20.4. The van der Waals surface area contributed by atoms with E-state index in [2.05, 4.69) is 37.7 Å². The molecule has 0 radical (unpaired) electrons. The number of Topliss-reactive ketones (excluding diaryl/α,β-unsaturated/α-hetero) is 1. The monoisotopic (exact) mass is 613 g/mol. The maximum Gasteiger partial charge on any atom is 0.316 e. The highest BCUT2D eigenvalue weighted by molar-refractivity contribution is 8.00. The number of aromatic nitrogens is 2. The first kappa shape index (κ1) is 31.1. The number of nitrogens with zero attached hydrogens (tertiary/aromatic N) is 2. The number of carbonyl (C=O) groups is 2. The molecule has 43 heavy (non-hydrogen) atoms. The molecule has 5 fully saturated rings. The number of ether oxygens (including phenoxy) is 3. The molecule has 3 saturated carbocycles. The Morgan fingerprint density at radius 1 is 1.19 bits per heavy atom. The van der Waals surface area contributed by atoms with Crippen LogP contribution in [0.4, 0.5) is 0 Å². The number of ketones is 1. The maximum absolute atomic E-state index is 13.8. The van der Waals surface area contributed by atoms with Gasteiger partial charge in [0, 0.05) is 35.6 Å². The normalized spacial score (nSPS) is 45.9. The van der Waals surface area contributed by atoms with Crippen LogP contribution in [-0.2, 0) is 23.8 Å². The fraction of sp³-hybridized carbons (Fsp3) is 0.758. The molecule has 3 aliphatic carbocycles. The van der Waals surface area contributed by atoms with Gasteiger partial charge in [0.2, 0.25) is 0 Å². The number of hydrogen-bond donors (Lipinski definition) is 2. The van der Waals surface area contributed by atoms with E-state index in [9.17, 15) is 14.7 Å². The number of hydrogen-bond acceptors (Lipinski definition) is 10. The second-order valence-electron chi connectivity index (χ2n) is 14.3. The minimum absolute atomic E-state index is 0.0165. The van der Waals surface area contributed by atoms with Gasteiger partial charge >= 0.3 is 5.97 Å². The van der Waals surface area contributed by atoms with Crippen molar-refractivity contribution in [1.29, 1.82) is 0 Å². The van der Waals surface area contributed by atoms with Crippen molar-refractivity contribution in [2.75, 3.05) is 19.0 Å². The van der Waals surface area contributed by atoms with Gasteiger partial charge in [0.05, 0.1) is 53.9 Å². The van der Waals surface area contributed by atoms with E-state index in [1.165, 1.54) is 11.8 Å². The summed E-state index contributed by atoms with van der Waals surface area (Å²) in [6.45, 7) is 11.4. The zero-order chi connectivity index (χ0) is 30.7. The van der Waals surface area contributed by atoms with Gasteiger partial charge in [0.15, 0.2) is 0 Å². The third-order valence-electron chi connectivity index (χ3n) is 12.1. The van der Waals surface area contributed by atoms with Crippen LogP contribution in [0.15, 0.2) is 18.5 Å². The molecule has 3 N–H and O–H groups in total. The first-order valence-corrected chi connectivity index (χ1v) is 16.9. The van der Waals surface area contributed by atoms with Crippen LogP contribution in [0.2, 0.25) is 0 Å². The molecule has 2 bridgehead atoms. The molecular formula is C33H47N3O6S. The van der Waals surface area contributed by atoms with Crippen LogP contribution in [0, 0.1) is 40.9 Å². The van der Waals surface area contributed by atoms with E-state index in [1.807, 2.05) is 19.1 Å². The van der Waals surface area contributed by atoms with E-state index in [0.717, 1.165) is 30.7 Å². The van der Waals surface area contributed by atoms with Crippen molar-refractivity contribution in [3.63, 3.8) is 0 Å². The van der Waals surface area contributed by atoms with Crippen LogP contribution in [0.3, 0.4) is 0 Å². The second kappa shape index (κ2) is 11.5. The number of carbonyl (C=O) groups excluding carboxylic acids is 2.